The number of hydrogen-bond donors (Lipinski definition) is 1. The minimum absolute atomic E-state index is 0.0278. The summed E-state index contributed by atoms with van der Waals surface area (Å²) < 4.78 is 7.53. The van der Waals surface area contributed by atoms with E-state index in [9.17, 15) is 4.79 Å². The third-order valence-electron chi connectivity index (χ3n) is 3.37. The van der Waals surface area contributed by atoms with Gasteiger partial charge in [0, 0.05) is 31.8 Å². The second kappa shape index (κ2) is 5.77. The van der Waals surface area contributed by atoms with Crippen molar-refractivity contribution in [3.8, 4) is 5.75 Å². The van der Waals surface area contributed by atoms with Gasteiger partial charge < -0.3 is 10.1 Å². The summed E-state index contributed by atoms with van der Waals surface area (Å²) in [5.41, 5.74) is 1.21. The van der Waals surface area contributed by atoms with E-state index in [-0.39, 0.29) is 12.0 Å². The van der Waals surface area contributed by atoms with Crippen LogP contribution in [0.3, 0.4) is 0 Å². The Kier molecular flexibility index (Phi) is 3.67. The maximum absolute atomic E-state index is 11.8. The van der Waals surface area contributed by atoms with Gasteiger partial charge in [0.2, 0.25) is 5.91 Å². The molecule has 1 aliphatic heterocycles. The lowest BCUT2D eigenvalue weighted by molar-refractivity contribution is -0.121. The third-order valence-corrected chi connectivity index (χ3v) is 3.37. The molecule has 1 N–H and O–H groups in total. The molecule has 20 heavy (non-hydrogen) atoms. The van der Waals surface area contributed by atoms with Gasteiger partial charge in [0.25, 0.3) is 0 Å². The molecule has 2 aromatic rings. The van der Waals surface area contributed by atoms with Gasteiger partial charge in [0.05, 0.1) is 6.54 Å². The van der Waals surface area contributed by atoms with Crippen molar-refractivity contribution < 1.29 is 9.53 Å². The molecule has 0 saturated carbocycles. The van der Waals surface area contributed by atoms with Gasteiger partial charge in [-0.05, 0) is 17.7 Å². The Labute approximate surface area is 117 Å². The van der Waals surface area contributed by atoms with Gasteiger partial charge in [-0.15, -0.1) is 0 Å². The number of carbonyl (C=O) groups excluding carboxylic acids is 1. The van der Waals surface area contributed by atoms with Gasteiger partial charge in [0.15, 0.2) is 0 Å². The van der Waals surface area contributed by atoms with Crippen LogP contribution >= 0.6 is 0 Å². The smallest absolute Gasteiger partial charge is 0.221 e. The predicted octanol–water partition coefficient (Wildman–Crippen LogP) is 1.39. The molecule has 5 nitrogen and oxygen atoms in total. The fourth-order valence-electron chi connectivity index (χ4n) is 2.33. The summed E-state index contributed by atoms with van der Waals surface area (Å²) in [5.74, 6) is 0.961. The number of aryl methyl sites for hydroxylation is 1. The number of benzene rings is 1. The molecule has 1 aromatic heterocycles. The lowest BCUT2D eigenvalue weighted by Gasteiger charge is -2.11. The SMILES string of the molecule is O=C(CCn1cccn1)NC[C@@H]1Cc2ccccc2O1. The number of ether oxygens (including phenoxy) is 1. The first-order valence-electron chi connectivity index (χ1n) is 6.80. The van der Waals surface area contributed by atoms with Crippen LogP contribution in [0.2, 0.25) is 0 Å². The van der Waals surface area contributed by atoms with Crippen molar-refractivity contribution in [2.24, 2.45) is 0 Å². The van der Waals surface area contributed by atoms with E-state index in [0.29, 0.717) is 19.5 Å². The fraction of sp³-hybridized carbons (Fsp3) is 0.333. The molecule has 1 aliphatic rings. The Hall–Kier alpha value is -2.30. The molecule has 0 fully saturated rings. The molecule has 0 aliphatic carbocycles. The summed E-state index contributed by atoms with van der Waals surface area (Å²) in [5, 5.41) is 6.98. The highest BCUT2D eigenvalue weighted by Crippen LogP contribution is 2.27. The predicted molar refractivity (Wildman–Crippen MR) is 74.4 cm³/mol. The summed E-state index contributed by atoms with van der Waals surface area (Å²) in [7, 11) is 0. The number of para-hydroxylation sites is 1. The van der Waals surface area contributed by atoms with Crippen molar-refractivity contribution in [1.29, 1.82) is 0 Å². The topological polar surface area (TPSA) is 56.2 Å². The molecule has 0 saturated heterocycles. The minimum atomic E-state index is 0.0278. The summed E-state index contributed by atoms with van der Waals surface area (Å²) in [4.78, 5) is 11.8. The highest BCUT2D eigenvalue weighted by Gasteiger charge is 2.22. The first-order valence-corrected chi connectivity index (χ1v) is 6.80. The zero-order valence-electron chi connectivity index (χ0n) is 11.2. The van der Waals surface area contributed by atoms with E-state index in [0.717, 1.165) is 12.2 Å². The normalized spacial score (nSPS) is 16.5. The monoisotopic (exact) mass is 271 g/mol. The van der Waals surface area contributed by atoms with Crippen LogP contribution in [0, 0.1) is 0 Å². The number of nitrogens with one attached hydrogen (secondary N) is 1. The largest absolute Gasteiger partial charge is 0.488 e. The number of carbonyl (C=O) groups is 1. The van der Waals surface area contributed by atoms with E-state index in [4.69, 9.17) is 4.74 Å². The maximum Gasteiger partial charge on any atom is 0.221 e. The van der Waals surface area contributed by atoms with Gasteiger partial charge in [0.1, 0.15) is 11.9 Å². The Morgan fingerprint density at radius 2 is 2.30 bits per heavy atom. The Bertz CT molecular complexity index is 556. The third kappa shape index (κ3) is 2.99. The molecular formula is C15H17N3O2. The maximum atomic E-state index is 11.8. The molecule has 5 heteroatoms. The van der Waals surface area contributed by atoms with Crippen LogP contribution in [0.4, 0.5) is 0 Å². The van der Waals surface area contributed by atoms with Crippen LogP contribution in [-0.4, -0.2) is 28.3 Å². The van der Waals surface area contributed by atoms with Crippen LogP contribution in [0.25, 0.3) is 0 Å². The Morgan fingerprint density at radius 1 is 1.40 bits per heavy atom. The van der Waals surface area contributed by atoms with Crippen LogP contribution in [0.5, 0.6) is 5.75 Å². The van der Waals surface area contributed by atoms with Crippen molar-refractivity contribution >= 4 is 5.91 Å². The number of aromatic nitrogens is 2. The van der Waals surface area contributed by atoms with Crippen LogP contribution in [0.1, 0.15) is 12.0 Å². The molecule has 0 radical (unpaired) electrons. The molecular weight excluding hydrogens is 254 g/mol. The number of amides is 1. The number of hydrogen-bond acceptors (Lipinski definition) is 3. The lowest BCUT2D eigenvalue weighted by atomic mass is 10.1. The van der Waals surface area contributed by atoms with Crippen molar-refractivity contribution in [3.63, 3.8) is 0 Å². The van der Waals surface area contributed by atoms with E-state index in [1.54, 1.807) is 10.9 Å². The van der Waals surface area contributed by atoms with Crippen molar-refractivity contribution in [2.75, 3.05) is 6.54 Å². The van der Waals surface area contributed by atoms with Gasteiger partial charge in [-0.2, -0.15) is 5.10 Å². The number of rotatable bonds is 5. The molecule has 0 unspecified atom stereocenters. The second-order valence-electron chi connectivity index (χ2n) is 4.87. The van der Waals surface area contributed by atoms with E-state index in [1.165, 1.54) is 5.56 Å². The molecule has 1 amide bonds. The first kappa shape index (κ1) is 12.7. The second-order valence-corrected chi connectivity index (χ2v) is 4.87. The average Bonchev–Trinajstić information content (AvgIpc) is 3.11. The highest BCUT2D eigenvalue weighted by molar-refractivity contribution is 5.75. The fourth-order valence-corrected chi connectivity index (χ4v) is 2.33. The number of nitrogens with zero attached hydrogens (tertiary/aromatic N) is 2. The quantitative estimate of drug-likeness (QED) is 0.894. The van der Waals surface area contributed by atoms with Crippen molar-refractivity contribution in [3.05, 3.63) is 48.3 Å². The number of fused-ring (bicyclic) bond motifs is 1. The summed E-state index contributed by atoms with van der Waals surface area (Å²) in [6.07, 6.45) is 4.89. The van der Waals surface area contributed by atoms with E-state index >= 15 is 0 Å². The Balaban J connectivity index is 1.41. The minimum Gasteiger partial charge on any atom is -0.488 e. The van der Waals surface area contributed by atoms with Crippen LogP contribution in [-0.2, 0) is 17.8 Å². The van der Waals surface area contributed by atoms with Gasteiger partial charge >= 0.3 is 0 Å². The average molecular weight is 271 g/mol. The van der Waals surface area contributed by atoms with E-state index in [1.807, 2.05) is 30.5 Å². The molecule has 0 spiro atoms. The zero-order chi connectivity index (χ0) is 13.8. The molecule has 2 heterocycles. The molecule has 3 rings (SSSR count). The molecule has 1 atom stereocenters. The van der Waals surface area contributed by atoms with Gasteiger partial charge in [-0.1, -0.05) is 18.2 Å². The van der Waals surface area contributed by atoms with E-state index < -0.39 is 0 Å². The van der Waals surface area contributed by atoms with E-state index in [2.05, 4.69) is 16.5 Å². The Morgan fingerprint density at radius 3 is 3.10 bits per heavy atom. The van der Waals surface area contributed by atoms with Crippen LogP contribution in [0.15, 0.2) is 42.7 Å². The van der Waals surface area contributed by atoms with Crippen LogP contribution < -0.4 is 10.1 Å². The lowest BCUT2D eigenvalue weighted by Crippen LogP contribution is -2.34. The van der Waals surface area contributed by atoms with Gasteiger partial charge in [-0.25, -0.2) is 0 Å². The van der Waals surface area contributed by atoms with Crippen molar-refractivity contribution in [1.82, 2.24) is 15.1 Å². The first-order chi connectivity index (χ1) is 9.81. The molecule has 1 aromatic carbocycles. The summed E-state index contributed by atoms with van der Waals surface area (Å²) in [6.45, 7) is 1.15. The zero-order valence-corrected chi connectivity index (χ0v) is 11.2. The highest BCUT2D eigenvalue weighted by atomic mass is 16.5. The summed E-state index contributed by atoms with van der Waals surface area (Å²) in [6, 6.07) is 9.85. The summed E-state index contributed by atoms with van der Waals surface area (Å²) >= 11 is 0. The molecule has 0 bridgehead atoms. The molecule has 104 valence electrons. The standard InChI is InChI=1S/C15H17N3O2/c19-15(6-9-18-8-3-7-17-18)16-11-13-10-12-4-1-2-5-14(12)20-13/h1-5,7-8,13H,6,9-11H2,(H,16,19)/t13-/m0/s1. The van der Waals surface area contributed by atoms with Gasteiger partial charge in [-0.3, -0.25) is 9.48 Å². The van der Waals surface area contributed by atoms with Crippen molar-refractivity contribution in [2.45, 2.75) is 25.5 Å².